The molecule has 0 aromatic carbocycles. The van der Waals surface area contributed by atoms with Crippen molar-refractivity contribution >= 4 is 17.9 Å². The molecule has 0 rings (SSSR count). The van der Waals surface area contributed by atoms with E-state index in [1.165, 1.54) is 122 Å². The molecule has 332 valence electrons. The van der Waals surface area contributed by atoms with Gasteiger partial charge in [-0.15, -0.1) is 0 Å². The molecular formula is C49H90NO7+. The lowest BCUT2D eigenvalue weighted by atomic mass is 10.0. The van der Waals surface area contributed by atoms with Gasteiger partial charge < -0.3 is 23.8 Å². The number of quaternary nitrogens is 1. The molecule has 0 aromatic heterocycles. The minimum Gasteiger partial charge on any atom is -0.477 e. The molecule has 1 N–H and O–H groups in total. The third-order valence-electron chi connectivity index (χ3n) is 10.6. The number of likely N-dealkylation sites (N-methyl/N-ethyl adjacent to an activating group) is 1. The normalized spacial score (nSPS) is 13.2. The average molecular weight is 805 g/mol. The Morgan fingerprint density at radius 3 is 1.44 bits per heavy atom. The molecule has 0 bridgehead atoms. The van der Waals surface area contributed by atoms with Gasteiger partial charge in [0.15, 0.2) is 12.1 Å². The predicted octanol–water partition coefficient (Wildman–Crippen LogP) is 13.0. The van der Waals surface area contributed by atoms with E-state index in [0.29, 0.717) is 19.3 Å². The Hall–Kier alpha value is -2.45. The van der Waals surface area contributed by atoms with Gasteiger partial charge in [-0.3, -0.25) is 9.59 Å². The smallest absolute Gasteiger partial charge is 0.362 e. The van der Waals surface area contributed by atoms with Crippen LogP contribution in [0.1, 0.15) is 206 Å². The molecule has 8 heteroatoms. The number of allylic oxidation sites excluding steroid dienone is 6. The second-order valence-electron chi connectivity index (χ2n) is 17.1. The van der Waals surface area contributed by atoms with Crippen molar-refractivity contribution in [3.63, 3.8) is 0 Å². The van der Waals surface area contributed by atoms with Gasteiger partial charge in [0.25, 0.3) is 0 Å². The zero-order valence-electron chi connectivity index (χ0n) is 37.8. The van der Waals surface area contributed by atoms with Gasteiger partial charge in [0.2, 0.25) is 0 Å². The highest BCUT2D eigenvalue weighted by Gasteiger charge is 2.31. The number of rotatable bonds is 42. The molecule has 0 aliphatic rings. The monoisotopic (exact) mass is 805 g/mol. The highest BCUT2D eigenvalue weighted by molar-refractivity contribution is 5.72. The molecule has 0 saturated carbocycles. The first-order valence-corrected chi connectivity index (χ1v) is 23.6. The maximum Gasteiger partial charge on any atom is 0.362 e. The summed E-state index contributed by atoms with van der Waals surface area (Å²) in [6.45, 7) is 4.62. The fourth-order valence-corrected chi connectivity index (χ4v) is 6.98. The topological polar surface area (TPSA) is 99.1 Å². The van der Waals surface area contributed by atoms with Crippen molar-refractivity contribution in [2.45, 2.75) is 219 Å². The summed E-state index contributed by atoms with van der Waals surface area (Å²) in [5, 5.41) is 9.63. The fraction of sp³-hybridized carbons (Fsp3) is 0.816. The second-order valence-corrected chi connectivity index (χ2v) is 17.1. The van der Waals surface area contributed by atoms with E-state index in [9.17, 15) is 19.5 Å². The van der Waals surface area contributed by atoms with Gasteiger partial charge >= 0.3 is 17.9 Å². The molecule has 0 heterocycles. The molecular weight excluding hydrogens is 715 g/mol. The number of carbonyl (C=O) groups is 3. The number of carbonyl (C=O) groups excluding carboxylic acids is 2. The summed E-state index contributed by atoms with van der Waals surface area (Å²) < 4.78 is 17.3. The summed E-state index contributed by atoms with van der Waals surface area (Å²) in [4.78, 5) is 37.0. The summed E-state index contributed by atoms with van der Waals surface area (Å²) in [7, 11) is 5.53. The van der Waals surface area contributed by atoms with Gasteiger partial charge in [-0.2, -0.15) is 0 Å². The number of ether oxygens (including phenoxy) is 3. The number of esters is 2. The molecule has 0 aliphatic heterocycles. The summed E-state index contributed by atoms with van der Waals surface area (Å²) in [6, 6.07) is -0.615. The number of nitrogens with zero attached hydrogens (tertiary/aromatic N) is 1. The van der Waals surface area contributed by atoms with Crippen LogP contribution in [0, 0.1) is 0 Å². The maximum absolute atomic E-state index is 12.8. The zero-order chi connectivity index (χ0) is 42.1. The molecule has 8 nitrogen and oxygen atoms in total. The van der Waals surface area contributed by atoms with Crippen molar-refractivity contribution in [1.29, 1.82) is 0 Å². The Labute approximate surface area is 351 Å². The number of hydrogen-bond donors (Lipinski definition) is 1. The van der Waals surface area contributed by atoms with Crippen LogP contribution in [0.25, 0.3) is 0 Å². The lowest BCUT2D eigenvalue weighted by Crippen LogP contribution is -2.50. The van der Waals surface area contributed by atoms with E-state index in [1.807, 2.05) is 21.1 Å². The third-order valence-corrected chi connectivity index (χ3v) is 10.6. The minimum absolute atomic E-state index is 0.0545. The maximum atomic E-state index is 12.8. The molecule has 0 radical (unpaired) electrons. The van der Waals surface area contributed by atoms with Crippen LogP contribution in [0.15, 0.2) is 36.5 Å². The lowest BCUT2D eigenvalue weighted by Gasteiger charge is -2.31. The van der Waals surface area contributed by atoms with E-state index in [0.717, 1.165) is 51.4 Å². The Kier molecular flexibility index (Phi) is 38.6. The Bertz CT molecular complexity index is 1030. The number of hydrogen-bond acceptors (Lipinski definition) is 6. The van der Waals surface area contributed by atoms with Crippen LogP contribution in [0.2, 0.25) is 0 Å². The van der Waals surface area contributed by atoms with Gasteiger partial charge in [0.05, 0.1) is 34.4 Å². The van der Waals surface area contributed by atoms with Crippen LogP contribution >= 0.6 is 0 Å². The predicted molar refractivity (Wildman–Crippen MR) is 238 cm³/mol. The largest absolute Gasteiger partial charge is 0.477 e. The number of aliphatic carboxylic acids is 1. The number of unbranched alkanes of at least 4 members (excludes halogenated alkanes) is 24. The molecule has 2 atom stereocenters. The molecule has 0 aliphatic carbocycles. The van der Waals surface area contributed by atoms with Crippen molar-refractivity contribution in [2.24, 2.45) is 0 Å². The van der Waals surface area contributed by atoms with Gasteiger partial charge in [-0.05, 0) is 32.1 Å². The van der Waals surface area contributed by atoms with Crippen molar-refractivity contribution < 1.29 is 38.2 Å². The van der Waals surface area contributed by atoms with E-state index in [1.54, 1.807) is 0 Å². The minimum atomic E-state index is -0.875. The van der Waals surface area contributed by atoms with Gasteiger partial charge in [0, 0.05) is 19.3 Å². The van der Waals surface area contributed by atoms with E-state index in [4.69, 9.17) is 14.2 Å². The highest BCUT2D eigenvalue weighted by Crippen LogP contribution is 2.16. The summed E-state index contributed by atoms with van der Waals surface area (Å²) in [6.07, 6.45) is 46.1. The molecule has 0 spiro atoms. The van der Waals surface area contributed by atoms with Gasteiger partial charge in [-0.25, -0.2) is 4.79 Å². The van der Waals surface area contributed by atoms with E-state index < -0.39 is 18.1 Å². The fourth-order valence-electron chi connectivity index (χ4n) is 6.98. The van der Waals surface area contributed by atoms with Crippen LogP contribution in [-0.4, -0.2) is 80.6 Å². The molecule has 0 fully saturated rings. The lowest BCUT2D eigenvalue weighted by molar-refractivity contribution is -0.887. The first-order valence-electron chi connectivity index (χ1n) is 23.6. The van der Waals surface area contributed by atoms with Crippen LogP contribution in [0.3, 0.4) is 0 Å². The molecule has 2 unspecified atom stereocenters. The summed E-state index contributed by atoms with van der Waals surface area (Å²) in [5.41, 5.74) is 0. The quantitative estimate of drug-likeness (QED) is 0.0284. The molecule has 57 heavy (non-hydrogen) atoms. The Balaban J connectivity index is 4.28. The van der Waals surface area contributed by atoms with E-state index in [2.05, 4.69) is 50.3 Å². The van der Waals surface area contributed by atoms with Crippen molar-refractivity contribution in [3.8, 4) is 0 Å². The Morgan fingerprint density at radius 2 is 0.982 bits per heavy atom. The standard InChI is InChI=1S/C49H89NO7/c1-6-8-10-12-14-16-18-20-22-23-24-26-28-30-32-34-36-38-40-48(52)57-45(43-55-42-41-46(49(53)54)50(3,4)5)44-56-47(51)39-37-35-33-31-29-27-25-21-19-17-15-13-11-9-7-2/h9,11,13,15,17,19,45-46H,6-8,10,12,14,16,18,20-44H2,1-5H3/p+1/b11-9+,15-13+,19-17+. The molecule has 0 saturated heterocycles. The van der Waals surface area contributed by atoms with Crippen molar-refractivity contribution in [2.75, 3.05) is 41.0 Å². The first-order chi connectivity index (χ1) is 27.6. The number of carboxylic acids is 1. The first kappa shape index (κ1) is 54.6. The molecule has 0 amide bonds. The van der Waals surface area contributed by atoms with E-state index >= 15 is 0 Å². The van der Waals surface area contributed by atoms with Crippen LogP contribution in [0.5, 0.6) is 0 Å². The van der Waals surface area contributed by atoms with Crippen LogP contribution < -0.4 is 0 Å². The third kappa shape index (κ3) is 38.8. The van der Waals surface area contributed by atoms with Crippen molar-refractivity contribution in [3.05, 3.63) is 36.5 Å². The summed E-state index contributed by atoms with van der Waals surface area (Å²) in [5.74, 6) is -1.47. The Morgan fingerprint density at radius 1 is 0.544 bits per heavy atom. The van der Waals surface area contributed by atoms with Gasteiger partial charge in [0.1, 0.15) is 6.61 Å². The zero-order valence-corrected chi connectivity index (χ0v) is 37.8. The van der Waals surface area contributed by atoms with Gasteiger partial charge in [-0.1, -0.05) is 192 Å². The van der Waals surface area contributed by atoms with Crippen LogP contribution in [0.4, 0.5) is 0 Å². The SMILES string of the molecule is CC/C=C/C=C/C=C/CCCCCCCCCC(=O)OCC(COCCC(C(=O)O)[N+](C)(C)C)OC(=O)CCCCCCCCCCCCCCCCCCCC. The van der Waals surface area contributed by atoms with Crippen LogP contribution in [-0.2, 0) is 28.6 Å². The highest BCUT2D eigenvalue weighted by atomic mass is 16.6. The van der Waals surface area contributed by atoms with E-state index in [-0.39, 0.29) is 36.2 Å². The van der Waals surface area contributed by atoms with Crippen molar-refractivity contribution in [1.82, 2.24) is 0 Å². The average Bonchev–Trinajstić information content (AvgIpc) is 3.17. The summed E-state index contributed by atoms with van der Waals surface area (Å²) >= 11 is 0. The molecule has 0 aromatic rings. The second kappa shape index (κ2) is 40.3. The number of carboxylic acid groups (broad SMARTS) is 1.